The van der Waals surface area contributed by atoms with Crippen LogP contribution in [-0.4, -0.2) is 16.9 Å². The van der Waals surface area contributed by atoms with Crippen LogP contribution in [0.25, 0.3) is 0 Å². The molecule has 1 amide bonds. The van der Waals surface area contributed by atoms with Crippen LogP contribution in [0, 0.1) is 6.92 Å². The third kappa shape index (κ3) is 3.49. The molecule has 0 aromatic carbocycles. The van der Waals surface area contributed by atoms with Gasteiger partial charge in [0.25, 0.3) is 5.91 Å². The number of amides is 1. The predicted octanol–water partition coefficient (Wildman–Crippen LogP) is 2.96. The van der Waals surface area contributed by atoms with Crippen molar-refractivity contribution in [3.63, 3.8) is 0 Å². The molecular weight excluding hydrogens is 224 g/mol. The van der Waals surface area contributed by atoms with E-state index in [9.17, 15) is 4.79 Å². The van der Waals surface area contributed by atoms with E-state index in [0.29, 0.717) is 10.6 Å². The molecule has 88 valence electrons. The van der Waals surface area contributed by atoms with E-state index in [-0.39, 0.29) is 11.9 Å². The fraction of sp³-hybridized carbons (Fsp3) is 0.500. The first-order valence-electron chi connectivity index (χ1n) is 5.47. The van der Waals surface area contributed by atoms with Crippen LogP contribution in [0.5, 0.6) is 0 Å². The van der Waals surface area contributed by atoms with E-state index in [1.165, 1.54) is 6.20 Å². The van der Waals surface area contributed by atoms with Gasteiger partial charge in [-0.1, -0.05) is 24.9 Å². The van der Waals surface area contributed by atoms with Crippen molar-refractivity contribution in [1.82, 2.24) is 10.3 Å². The topological polar surface area (TPSA) is 42.0 Å². The summed E-state index contributed by atoms with van der Waals surface area (Å²) in [6, 6.07) is 1.86. The van der Waals surface area contributed by atoms with Crippen LogP contribution in [0.4, 0.5) is 0 Å². The Labute approximate surface area is 101 Å². The van der Waals surface area contributed by atoms with Gasteiger partial charge in [0.1, 0.15) is 0 Å². The summed E-state index contributed by atoms with van der Waals surface area (Å²) in [6.45, 7) is 5.91. The second-order valence-electron chi connectivity index (χ2n) is 3.97. The lowest BCUT2D eigenvalue weighted by molar-refractivity contribution is 0.0938. The van der Waals surface area contributed by atoms with Crippen molar-refractivity contribution in [2.45, 2.75) is 39.7 Å². The Bertz CT molecular complexity index is 379. The molecule has 1 rings (SSSR count). The lowest BCUT2D eigenvalue weighted by Crippen LogP contribution is -2.32. The number of hydrogen-bond acceptors (Lipinski definition) is 2. The van der Waals surface area contributed by atoms with Crippen molar-refractivity contribution >= 4 is 17.5 Å². The first-order chi connectivity index (χ1) is 7.54. The highest BCUT2D eigenvalue weighted by molar-refractivity contribution is 6.33. The minimum atomic E-state index is -0.154. The number of halogens is 1. The Morgan fingerprint density at radius 2 is 2.31 bits per heavy atom. The third-order valence-electron chi connectivity index (χ3n) is 2.33. The molecule has 4 heteroatoms. The zero-order valence-corrected chi connectivity index (χ0v) is 10.6. The molecule has 0 saturated heterocycles. The van der Waals surface area contributed by atoms with Gasteiger partial charge in [-0.3, -0.25) is 9.78 Å². The second-order valence-corrected chi connectivity index (χ2v) is 4.38. The van der Waals surface area contributed by atoms with Gasteiger partial charge in [-0.05, 0) is 26.3 Å². The molecule has 1 aromatic heterocycles. The lowest BCUT2D eigenvalue weighted by atomic mass is 10.1. The first-order valence-corrected chi connectivity index (χ1v) is 5.85. The highest BCUT2D eigenvalue weighted by Gasteiger charge is 2.13. The highest BCUT2D eigenvalue weighted by Crippen LogP contribution is 2.15. The molecule has 1 unspecified atom stereocenters. The zero-order valence-electron chi connectivity index (χ0n) is 9.88. The van der Waals surface area contributed by atoms with Gasteiger partial charge >= 0.3 is 0 Å². The maximum Gasteiger partial charge on any atom is 0.254 e. The molecule has 16 heavy (non-hydrogen) atoms. The molecule has 0 aliphatic rings. The van der Waals surface area contributed by atoms with Crippen molar-refractivity contribution in [1.29, 1.82) is 0 Å². The monoisotopic (exact) mass is 240 g/mol. The van der Waals surface area contributed by atoms with E-state index >= 15 is 0 Å². The molecule has 0 radical (unpaired) electrons. The number of nitrogens with one attached hydrogen (secondary N) is 1. The van der Waals surface area contributed by atoms with Crippen LogP contribution in [0.3, 0.4) is 0 Å². The van der Waals surface area contributed by atoms with Crippen LogP contribution >= 0.6 is 11.6 Å². The molecule has 3 nitrogen and oxygen atoms in total. The van der Waals surface area contributed by atoms with Crippen molar-refractivity contribution in [2.24, 2.45) is 0 Å². The van der Waals surface area contributed by atoms with Gasteiger partial charge in [0, 0.05) is 17.9 Å². The molecule has 0 aliphatic carbocycles. The largest absolute Gasteiger partial charge is 0.349 e. The van der Waals surface area contributed by atoms with Crippen molar-refractivity contribution in [2.75, 3.05) is 0 Å². The molecule has 1 heterocycles. The quantitative estimate of drug-likeness (QED) is 0.879. The van der Waals surface area contributed by atoms with Gasteiger partial charge in [0.05, 0.1) is 10.6 Å². The molecular formula is C12H17ClN2O. The van der Waals surface area contributed by atoms with Gasteiger partial charge in [-0.15, -0.1) is 0 Å². The molecule has 0 spiro atoms. The van der Waals surface area contributed by atoms with E-state index in [0.717, 1.165) is 18.5 Å². The van der Waals surface area contributed by atoms with E-state index < -0.39 is 0 Å². The van der Waals surface area contributed by atoms with Gasteiger partial charge in [0.2, 0.25) is 0 Å². The number of nitrogens with zero attached hydrogens (tertiary/aromatic N) is 1. The van der Waals surface area contributed by atoms with Crippen LogP contribution < -0.4 is 5.32 Å². The molecule has 1 aromatic rings. The maximum absolute atomic E-state index is 11.8. The van der Waals surface area contributed by atoms with Crippen LogP contribution in [0.2, 0.25) is 5.02 Å². The highest BCUT2D eigenvalue weighted by atomic mass is 35.5. The standard InChI is InChI=1S/C12H17ClN2O/c1-4-5-8(2)15-12(16)10-7-14-9(3)6-11(10)13/h6-8H,4-5H2,1-3H3,(H,15,16). The Kier molecular flexibility index (Phi) is 4.74. The molecule has 0 fully saturated rings. The van der Waals surface area contributed by atoms with Crippen LogP contribution in [-0.2, 0) is 0 Å². The van der Waals surface area contributed by atoms with Gasteiger partial charge < -0.3 is 5.32 Å². The number of aryl methyl sites for hydroxylation is 1. The summed E-state index contributed by atoms with van der Waals surface area (Å²) in [6.07, 6.45) is 3.52. The van der Waals surface area contributed by atoms with E-state index in [1.807, 2.05) is 13.8 Å². The minimum Gasteiger partial charge on any atom is -0.349 e. The van der Waals surface area contributed by atoms with Gasteiger partial charge in [0.15, 0.2) is 0 Å². The number of pyridine rings is 1. The molecule has 1 atom stereocenters. The summed E-state index contributed by atoms with van der Waals surface area (Å²) in [5.74, 6) is -0.154. The van der Waals surface area contributed by atoms with Crippen molar-refractivity contribution < 1.29 is 4.79 Å². The average Bonchev–Trinajstić information content (AvgIpc) is 2.17. The van der Waals surface area contributed by atoms with Gasteiger partial charge in [-0.2, -0.15) is 0 Å². The molecule has 0 bridgehead atoms. The Hall–Kier alpha value is -1.09. The third-order valence-corrected chi connectivity index (χ3v) is 2.65. The summed E-state index contributed by atoms with van der Waals surface area (Å²) >= 11 is 5.98. The van der Waals surface area contributed by atoms with Crippen molar-refractivity contribution in [3.05, 3.63) is 28.5 Å². The molecule has 0 saturated carbocycles. The van der Waals surface area contributed by atoms with E-state index in [1.54, 1.807) is 6.07 Å². The zero-order chi connectivity index (χ0) is 12.1. The SMILES string of the molecule is CCCC(C)NC(=O)c1cnc(C)cc1Cl. The predicted molar refractivity (Wildman–Crippen MR) is 65.8 cm³/mol. The maximum atomic E-state index is 11.8. The summed E-state index contributed by atoms with van der Waals surface area (Å²) < 4.78 is 0. The summed E-state index contributed by atoms with van der Waals surface area (Å²) in [4.78, 5) is 15.9. The molecule has 1 N–H and O–H groups in total. The smallest absolute Gasteiger partial charge is 0.254 e. The number of hydrogen-bond donors (Lipinski definition) is 1. The molecule has 0 aliphatic heterocycles. The average molecular weight is 241 g/mol. The summed E-state index contributed by atoms with van der Waals surface area (Å²) in [5.41, 5.74) is 1.25. The first kappa shape index (κ1) is 13.0. The number of carbonyl (C=O) groups is 1. The van der Waals surface area contributed by atoms with E-state index in [4.69, 9.17) is 11.6 Å². The summed E-state index contributed by atoms with van der Waals surface area (Å²) in [7, 11) is 0. The fourth-order valence-corrected chi connectivity index (χ4v) is 1.79. The Morgan fingerprint density at radius 1 is 1.62 bits per heavy atom. The fourth-order valence-electron chi connectivity index (χ4n) is 1.50. The normalized spacial score (nSPS) is 12.2. The summed E-state index contributed by atoms with van der Waals surface area (Å²) in [5, 5.41) is 3.35. The second kappa shape index (κ2) is 5.85. The number of aromatic nitrogens is 1. The minimum absolute atomic E-state index is 0.154. The number of rotatable bonds is 4. The van der Waals surface area contributed by atoms with Gasteiger partial charge in [-0.25, -0.2) is 0 Å². The van der Waals surface area contributed by atoms with E-state index in [2.05, 4.69) is 17.2 Å². The Balaban J connectivity index is 2.73. The Morgan fingerprint density at radius 3 is 2.88 bits per heavy atom. The van der Waals surface area contributed by atoms with Crippen molar-refractivity contribution in [3.8, 4) is 0 Å². The van der Waals surface area contributed by atoms with Crippen LogP contribution in [0.1, 0.15) is 42.7 Å². The lowest BCUT2D eigenvalue weighted by Gasteiger charge is -2.13. The number of carbonyl (C=O) groups excluding carboxylic acids is 1. The van der Waals surface area contributed by atoms with Crippen LogP contribution in [0.15, 0.2) is 12.3 Å².